The summed E-state index contributed by atoms with van der Waals surface area (Å²) in [7, 11) is 0. The number of halogens is 6. The van der Waals surface area contributed by atoms with Gasteiger partial charge in [-0.1, -0.05) is 35.3 Å². The number of anilines is 1. The van der Waals surface area contributed by atoms with Crippen LogP contribution in [0, 0.1) is 23.3 Å². The summed E-state index contributed by atoms with van der Waals surface area (Å²) >= 11 is 12.3. The van der Waals surface area contributed by atoms with E-state index >= 15 is 0 Å². The van der Waals surface area contributed by atoms with Crippen LogP contribution in [-0.2, 0) is 0 Å². The van der Waals surface area contributed by atoms with Crippen molar-refractivity contribution in [3.63, 3.8) is 0 Å². The van der Waals surface area contributed by atoms with Crippen LogP contribution in [0.25, 0.3) is 44.3 Å². The fourth-order valence-electron chi connectivity index (χ4n) is 5.99. The Balaban J connectivity index is 0.000000179. The molecule has 18 heteroatoms. The van der Waals surface area contributed by atoms with E-state index in [4.69, 9.17) is 28.9 Å². The average Bonchev–Trinajstić information content (AvgIpc) is 3.61. The van der Waals surface area contributed by atoms with Crippen LogP contribution in [0.2, 0.25) is 10.0 Å². The van der Waals surface area contributed by atoms with Crippen LogP contribution in [0.5, 0.6) is 0 Å². The third-order valence-electron chi connectivity index (χ3n) is 8.33. The minimum Gasteiger partial charge on any atom is -0.358 e. The first-order chi connectivity index (χ1) is 26.3. The highest BCUT2D eigenvalue weighted by Crippen LogP contribution is 2.27. The monoisotopic (exact) mass is 788 g/mol. The number of benzene rings is 4. The second kappa shape index (κ2) is 14.9. The summed E-state index contributed by atoms with van der Waals surface area (Å²) in [6.07, 6.45) is 2.83. The van der Waals surface area contributed by atoms with Crippen molar-refractivity contribution in [2.24, 2.45) is 5.73 Å². The molecule has 0 radical (unpaired) electrons. The lowest BCUT2D eigenvalue weighted by Crippen LogP contribution is -2.28. The smallest absolute Gasteiger partial charge is 0.267 e. The predicted molar refractivity (Wildman–Crippen MR) is 201 cm³/mol. The Hall–Kier alpha value is -6.23. The lowest BCUT2D eigenvalue weighted by Gasteiger charge is -2.20. The van der Waals surface area contributed by atoms with E-state index in [0.29, 0.717) is 28.0 Å². The molecule has 55 heavy (non-hydrogen) atoms. The van der Waals surface area contributed by atoms with Crippen LogP contribution < -0.4 is 22.2 Å². The maximum Gasteiger partial charge on any atom is 0.267 e. The molecule has 2 unspecified atom stereocenters. The van der Waals surface area contributed by atoms with Crippen molar-refractivity contribution in [1.82, 2.24) is 39.0 Å². The number of H-pyrrole nitrogens is 1. The van der Waals surface area contributed by atoms with Crippen molar-refractivity contribution in [1.29, 1.82) is 0 Å². The zero-order chi connectivity index (χ0) is 39.1. The Morgan fingerprint density at radius 2 is 1.20 bits per heavy atom. The quantitative estimate of drug-likeness (QED) is 0.145. The largest absolute Gasteiger partial charge is 0.358 e. The highest BCUT2D eigenvalue weighted by molar-refractivity contribution is 6.35. The third-order valence-corrected chi connectivity index (χ3v) is 8.96. The second-order valence-corrected chi connectivity index (χ2v) is 13.0. The Morgan fingerprint density at radius 3 is 1.71 bits per heavy atom. The van der Waals surface area contributed by atoms with Gasteiger partial charge in [-0.2, -0.15) is 0 Å². The topological polar surface area (TPSA) is 162 Å². The molecular formula is C37H26Cl2F4N10O2. The predicted octanol–water partition coefficient (Wildman–Crippen LogP) is 7.49. The molecule has 0 saturated carbocycles. The standard InChI is InChI=1S/C21H14ClF2N7O.C16H12ClF2N3O/c1-10(29-19-17-18(26-8-25-17)27-9-28-19)20-30-15-4-2-3-14(22)16(15)21(32)31(20)13-6-11(23)5-12(24)7-13;1-8(20)15-21-13-4-2-3-12(17)14(13)16(23)22(15)11-6-9(18)5-10(19)7-11/h2-10H,1H3,(H2,25,26,27,28,29);2-8H,20H2,1H3. The molecule has 12 nitrogen and oxygen atoms in total. The first kappa shape index (κ1) is 37.1. The number of rotatable bonds is 6. The number of fused-ring (bicyclic) bond motifs is 3. The van der Waals surface area contributed by atoms with Crippen molar-refractivity contribution in [3.05, 3.63) is 151 Å². The van der Waals surface area contributed by atoms with Gasteiger partial charge in [-0.3, -0.25) is 18.7 Å². The molecule has 8 rings (SSSR count). The van der Waals surface area contributed by atoms with Gasteiger partial charge in [0, 0.05) is 12.1 Å². The van der Waals surface area contributed by atoms with Crippen molar-refractivity contribution >= 4 is 62.0 Å². The zero-order valence-corrected chi connectivity index (χ0v) is 30.0. The van der Waals surface area contributed by atoms with Crippen molar-refractivity contribution in [2.75, 3.05) is 5.32 Å². The molecule has 4 N–H and O–H groups in total. The normalized spacial score (nSPS) is 12.5. The molecule has 4 aromatic heterocycles. The van der Waals surface area contributed by atoms with Gasteiger partial charge in [-0.05, 0) is 62.4 Å². The van der Waals surface area contributed by atoms with Crippen LogP contribution in [0.3, 0.4) is 0 Å². The summed E-state index contributed by atoms with van der Waals surface area (Å²) in [6.45, 7) is 3.37. The highest BCUT2D eigenvalue weighted by Gasteiger charge is 2.22. The van der Waals surface area contributed by atoms with Gasteiger partial charge in [0.25, 0.3) is 11.1 Å². The summed E-state index contributed by atoms with van der Waals surface area (Å²) in [5.74, 6) is -2.43. The SMILES string of the molecule is CC(N)c1nc2cccc(Cl)c2c(=O)n1-c1cc(F)cc(F)c1.CC(Nc1ncnc2nc[nH]c12)c1nc2cccc(Cl)c2c(=O)n1-c1cc(F)cc(F)c1. The number of aromatic amines is 1. The fraction of sp³-hybridized carbons (Fsp3) is 0.108. The number of hydrogen-bond donors (Lipinski definition) is 3. The van der Waals surface area contributed by atoms with Gasteiger partial charge in [0.15, 0.2) is 11.5 Å². The summed E-state index contributed by atoms with van der Waals surface area (Å²) in [6, 6.07) is 14.1. The number of imidazole rings is 1. The first-order valence-corrected chi connectivity index (χ1v) is 17.1. The summed E-state index contributed by atoms with van der Waals surface area (Å²) in [5.41, 5.74) is 6.55. The third kappa shape index (κ3) is 7.22. The molecule has 0 aliphatic carbocycles. The zero-order valence-electron chi connectivity index (χ0n) is 28.5. The Bertz CT molecular complexity index is 2860. The van der Waals surface area contributed by atoms with Gasteiger partial charge >= 0.3 is 0 Å². The van der Waals surface area contributed by atoms with E-state index in [1.165, 1.54) is 12.7 Å². The minimum absolute atomic E-state index is 0.00844. The summed E-state index contributed by atoms with van der Waals surface area (Å²) in [4.78, 5) is 50.6. The van der Waals surface area contributed by atoms with Crippen molar-refractivity contribution in [2.45, 2.75) is 25.9 Å². The van der Waals surface area contributed by atoms with Crippen molar-refractivity contribution in [3.8, 4) is 11.4 Å². The lowest BCUT2D eigenvalue weighted by molar-refractivity contribution is 0.578. The summed E-state index contributed by atoms with van der Waals surface area (Å²) < 4.78 is 57.3. The van der Waals surface area contributed by atoms with E-state index < -0.39 is 46.5 Å². The molecule has 4 heterocycles. The molecule has 0 spiro atoms. The van der Waals surface area contributed by atoms with Gasteiger partial charge in [-0.15, -0.1) is 0 Å². The van der Waals surface area contributed by atoms with Gasteiger partial charge in [0.2, 0.25) is 0 Å². The van der Waals surface area contributed by atoms with E-state index in [2.05, 4.69) is 35.2 Å². The number of nitrogens with zero attached hydrogens (tertiary/aromatic N) is 7. The Labute approximate surface area is 317 Å². The molecule has 4 aromatic carbocycles. The van der Waals surface area contributed by atoms with E-state index in [-0.39, 0.29) is 43.8 Å². The molecule has 0 bridgehead atoms. The van der Waals surface area contributed by atoms with Gasteiger partial charge in [0.1, 0.15) is 46.8 Å². The van der Waals surface area contributed by atoms with E-state index in [9.17, 15) is 27.2 Å². The van der Waals surface area contributed by atoms with Gasteiger partial charge in [-0.25, -0.2) is 42.5 Å². The molecule has 2 atom stereocenters. The lowest BCUT2D eigenvalue weighted by atomic mass is 10.2. The number of nitrogens with one attached hydrogen (secondary N) is 2. The molecule has 0 aliphatic rings. The second-order valence-electron chi connectivity index (χ2n) is 12.2. The van der Waals surface area contributed by atoms with E-state index in [0.717, 1.165) is 45.5 Å². The number of hydrogen-bond acceptors (Lipinski definition) is 9. The Kier molecular flexibility index (Phi) is 10.0. The number of nitrogens with two attached hydrogens (primary N) is 1. The van der Waals surface area contributed by atoms with Gasteiger partial charge in [0.05, 0.1) is 61.6 Å². The Morgan fingerprint density at radius 1 is 0.709 bits per heavy atom. The van der Waals surface area contributed by atoms with Crippen LogP contribution in [-0.4, -0.2) is 39.0 Å². The summed E-state index contributed by atoms with van der Waals surface area (Å²) in [5, 5.41) is 3.88. The van der Waals surface area contributed by atoms with Crippen LogP contribution in [0.15, 0.2) is 95.0 Å². The molecule has 0 amide bonds. The number of aromatic nitrogens is 8. The minimum atomic E-state index is -0.826. The molecular weight excluding hydrogens is 763 g/mol. The van der Waals surface area contributed by atoms with Gasteiger partial charge < -0.3 is 16.0 Å². The molecule has 278 valence electrons. The molecule has 0 aliphatic heterocycles. The maximum absolute atomic E-state index is 14.0. The highest BCUT2D eigenvalue weighted by atomic mass is 35.5. The average molecular weight is 790 g/mol. The van der Waals surface area contributed by atoms with E-state index in [1.54, 1.807) is 50.2 Å². The van der Waals surface area contributed by atoms with Crippen molar-refractivity contribution < 1.29 is 17.6 Å². The molecule has 0 fully saturated rings. The van der Waals surface area contributed by atoms with Crippen LogP contribution in [0.4, 0.5) is 23.4 Å². The van der Waals surface area contributed by atoms with E-state index in [1.807, 2.05) is 0 Å². The molecule has 0 saturated heterocycles. The first-order valence-electron chi connectivity index (χ1n) is 16.3. The van der Waals surface area contributed by atoms with Crippen LogP contribution >= 0.6 is 23.2 Å². The molecule has 8 aromatic rings. The maximum atomic E-state index is 14.0. The van der Waals surface area contributed by atoms with Crippen LogP contribution in [0.1, 0.15) is 37.6 Å². The fourth-order valence-corrected chi connectivity index (χ4v) is 6.49.